The van der Waals surface area contributed by atoms with E-state index in [1.165, 1.54) is 11.1 Å². The number of imide groups is 1. The van der Waals surface area contributed by atoms with E-state index in [1.54, 1.807) is 3.97 Å². The highest BCUT2D eigenvalue weighted by atomic mass is 32.1. The van der Waals surface area contributed by atoms with Gasteiger partial charge >= 0.3 is 13.9 Å². The zero-order valence-electron chi connectivity index (χ0n) is 14.1. The second-order valence-electron chi connectivity index (χ2n) is 6.52. The summed E-state index contributed by atoms with van der Waals surface area (Å²) in [6.07, 6.45) is 5.65. The molecular weight excluding hydrogens is 395 g/mol. The molecule has 0 aromatic carbocycles. The van der Waals surface area contributed by atoms with Gasteiger partial charge in [0, 0.05) is 24.5 Å². The number of phosphoric acid groups is 1. The first kappa shape index (κ1) is 18.5. The molecule has 144 valence electrons. The standard InChI is InChI=1S/C15H17N4O6PS/c20-13-3-4-17(15(21)18(13)8-25-26(22,23)24)10-5-11-12(9-1-2-9)7-19(27)14(11)16-6-10/h5-7,9,27H,1-4,8H2,(H2,22,23,24). The Labute approximate surface area is 159 Å². The number of phosphoric ester groups is 1. The van der Waals surface area contributed by atoms with E-state index in [0.29, 0.717) is 22.2 Å². The Morgan fingerprint density at radius 3 is 2.74 bits per heavy atom. The van der Waals surface area contributed by atoms with Crippen LogP contribution in [-0.2, 0) is 13.9 Å². The number of urea groups is 1. The molecule has 1 aliphatic heterocycles. The molecule has 3 heterocycles. The number of carbonyl (C=O) groups is 2. The largest absolute Gasteiger partial charge is 0.471 e. The van der Waals surface area contributed by atoms with Gasteiger partial charge in [-0.05, 0) is 30.4 Å². The molecular formula is C15H17N4O6PS. The normalized spacial score (nSPS) is 18.6. The molecule has 27 heavy (non-hydrogen) atoms. The summed E-state index contributed by atoms with van der Waals surface area (Å²) in [6, 6.07) is 1.12. The number of amides is 3. The van der Waals surface area contributed by atoms with E-state index in [2.05, 4.69) is 22.3 Å². The highest BCUT2D eigenvalue weighted by Crippen LogP contribution is 2.44. The molecule has 2 aromatic heterocycles. The molecule has 1 saturated carbocycles. The topological polar surface area (TPSA) is 125 Å². The third-order valence-electron chi connectivity index (χ3n) is 4.64. The van der Waals surface area contributed by atoms with Crippen molar-refractivity contribution in [3.63, 3.8) is 0 Å². The fourth-order valence-electron chi connectivity index (χ4n) is 3.16. The van der Waals surface area contributed by atoms with Crippen molar-refractivity contribution in [2.24, 2.45) is 0 Å². The molecule has 1 aliphatic carbocycles. The highest BCUT2D eigenvalue weighted by molar-refractivity contribution is 7.78. The van der Waals surface area contributed by atoms with Gasteiger partial charge in [0.1, 0.15) is 12.4 Å². The van der Waals surface area contributed by atoms with E-state index in [-0.39, 0.29) is 13.0 Å². The van der Waals surface area contributed by atoms with Gasteiger partial charge in [0.15, 0.2) is 0 Å². The van der Waals surface area contributed by atoms with Crippen molar-refractivity contribution in [3.8, 4) is 0 Å². The Morgan fingerprint density at radius 1 is 1.33 bits per heavy atom. The molecule has 0 radical (unpaired) electrons. The van der Waals surface area contributed by atoms with Gasteiger partial charge in [-0.3, -0.25) is 18.2 Å². The Bertz CT molecular complexity index is 984. The van der Waals surface area contributed by atoms with Crippen molar-refractivity contribution in [3.05, 3.63) is 24.0 Å². The average Bonchev–Trinajstić information content (AvgIpc) is 3.38. The van der Waals surface area contributed by atoms with E-state index in [1.807, 2.05) is 12.3 Å². The molecule has 2 aromatic rings. The number of rotatable bonds is 5. The number of nitrogens with zero attached hydrogens (tertiary/aromatic N) is 4. The van der Waals surface area contributed by atoms with Crippen LogP contribution >= 0.6 is 20.6 Å². The second-order valence-corrected chi connectivity index (χ2v) is 8.19. The van der Waals surface area contributed by atoms with Gasteiger partial charge in [-0.15, -0.1) is 0 Å². The van der Waals surface area contributed by atoms with Crippen molar-refractivity contribution in [2.75, 3.05) is 18.2 Å². The van der Waals surface area contributed by atoms with Crippen LogP contribution in [0.2, 0.25) is 0 Å². The van der Waals surface area contributed by atoms with Crippen LogP contribution in [0, 0.1) is 0 Å². The zero-order valence-corrected chi connectivity index (χ0v) is 15.8. The summed E-state index contributed by atoms with van der Waals surface area (Å²) in [5.41, 5.74) is 2.31. The summed E-state index contributed by atoms with van der Waals surface area (Å²) in [5.74, 6) is -0.0938. The molecule has 2 aliphatic rings. The van der Waals surface area contributed by atoms with Gasteiger partial charge in [-0.25, -0.2) is 19.2 Å². The van der Waals surface area contributed by atoms with Crippen LogP contribution in [0.4, 0.5) is 10.5 Å². The smallest absolute Gasteiger partial charge is 0.303 e. The molecule has 2 fully saturated rings. The number of pyridine rings is 1. The number of hydrogen-bond donors (Lipinski definition) is 3. The molecule has 0 spiro atoms. The first-order chi connectivity index (χ1) is 12.7. The molecule has 12 heteroatoms. The molecule has 0 unspecified atom stereocenters. The lowest BCUT2D eigenvalue weighted by Gasteiger charge is -2.33. The third kappa shape index (κ3) is 3.61. The van der Waals surface area contributed by atoms with E-state index in [0.717, 1.165) is 23.8 Å². The molecule has 1 saturated heterocycles. The van der Waals surface area contributed by atoms with E-state index < -0.39 is 26.5 Å². The lowest BCUT2D eigenvalue weighted by atomic mass is 10.1. The summed E-state index contributed by atoms with van der Waals surface area (Å²) in [7, 11) is -4.81. The van der Waals surface area contributed by atoms with Gasteiger partial charge in [0.2, 0.25) is 5.91 Å². The molecule has 3 amide bonds. The second kappa shape index (κ2) is 6.61. The van der Waals surface area contributed by atoms with Gasteiger partial charge in [-0.2, -0.15) is 0 Å². The van der Waals surface area contributed by atoms with Crippen LogP contribution in [0.25, 0.3) is 11.0 Å². The van der Waals surface area contributed by atoms with Crippen LogP contribution in [0.5, 0.6) is 0 Å². The Balaban J connectivity index is 1.64. The summed E-state index contributed by atoms with van der Waals surface area (Å²) >= 11 is 4.38. The molecule has 10 nitrogen and oxygen atoms in total. The predicted octanol–water partition coefficient (Wildman–Crippen LogP) is 1.83. The average molecular weight is 412 g/mol. The van der Waals surface area contributed by atoms with Gasteiger partial charge in [-0.1, -0.05) is 12.8 Å². The number of aromatic nitrogens is 2. The zero-order chi connectivity index (χ0) is 19.3. The fraction of sp³-hybridized carbons (Fsp3) is 0.400. The van der Waals surface area contributed by atoms with Crippen molar-refractivity contribution >= 4 is 49.3 Å². The Kier molecular flexibility index (Phi) is 4.52. The number of thiol groups is 1. The van der Waals surface area contributed by atoms with Crippen molar-refractivity contribution in [1.82, 2.24) is 13.9 Å². The number of carbonyl (C=O) groups excluding carboxylic acids is 2. The Hall–Kier alpha value is -1.91. The van der Waals surface area contributed by atoms with Gasteiger partial charge in [0.05, 0.1) is 11.9 Å². The number of anilines is 1. The van der Waals surface area contributed by atoms with E-state index >= 15 is 0 Å². The first-order valence-corrected chi connectivity index (χ1v) is 10.2. The van der Waals surface area contributed by atoms with Crippen LogP contribution in [0.15, 0.2) is 18.5 Å². The minimum atomic E-state index is -4.81. The predicted molar refractivity (Wildman–Crippen MR) is 98.3 cm³/mol. The quantitative estimate of drug-likeness (QED) is 0.505. The summed E-state index contributed by atoms with van der Waals surface area (Å²) in [6.45, 7) is -0.661. The maximum Gasteiger partial charge on any atom is 0.471 e. The molecule has 2 N–H and O–H groups in total. The maximum absolute atomic E-state index is 12.7. The highest BCUT2D eigenvalue weighted by Gasteiger charge is 2.35. The lowest BCUT2D eigenvalue weighted by Crippen LogP contribution is -2.53. The summed E-state index contributed by atoms with van der Waals surface area (Å²) in [4.78, 5) is 48.7. The van der Waals surface area contributed by atoms with Gasteiger partial charge < -0.3 is 9.79 Å². The first-order valence-electron chi connectivity index (χ1n) is 8.27. The SMILES string of the molecule is O=C1CCN(c2cnc3c(c2)c(C2CC2)cn3S)C(=O)N1COP(=O)(O)O. The number of fused-ring (bicyclic) bond motifs is 1. The lowest BCUT2D eigenvalue weighted by molar-refractivity contribution is -0.131. The van der Waals surface area contributed by atoms with Crippen molar-refractivity contribution in [2.45, 2.75) is 25.2 Å². The summed E-state index contributed by atoms with van der Waals surface area (Å²) in [5, 5.41) is 0.896. The third-order valence-corrected chi connectivity index (χ3v) is 5.39. The molecule has 4 rings (SSSR count). The minimum Gasteiger partial charge on any atom is -0.303 e. The van der Waals surface area contributed by atoms with Gasteiger partial charge in [0.25, 0.3) is 0 Å². The maximum atomic E-state index is 12.7. The van der Waals surface area contributed by atoms with Crippen LogP contribution in [0.1, 0.15) is 30.7 Å². The Morgan fingerprint density at radius 2 is 2.07 bits per heavy atom. The van der Waals surface area contributed by atoms with Crippen molar-refractivity contribution < 1.29 is 28.5 Å². The monoisotopic (exact) mass is 412 g/mol. The molecule has 0 bridgehead atoms. The fourth-order valence-corrected chi connectivity index (χ4v) is 3.71. The van der Waals surface area contributed by atoms with E-state index in [4.69, 9.17) is 9.79 Å². The molecule has 0 atom stereocenters. The van der Waals surface area contributed by atoms with Crippen LogP contribution in [-0.4, -0.2) is 48.9 Å². The summed E-state index contributed by atoms with van der Waals surface area (Å²) < 4.78 is 16.9. The van der Waals surface area contributed by atoms with Crippen LogP contribution < -0.4 is 4.90 Å². The van der Waals surface area contributed by atoms with Crippen molar-refractivity contribution in [1.29, 1.82) is 0 Å². The number of hydrogen-bond acceptors (Lipinski definition) is 6. The van der Waals surface area contributed by atoms with E-state index in [9.17, 15) is 14.2 Å². The minimum absolute atomic E-state index is 0.0113. The van der Waals surface area contributed by atoms with Crippen LogP contribution in [0.3, 0.4) is 0 Å².